The Morgan fingerprint density at radius 3 is 2.87 bits per heavy atom. The molecule has 0 spiro atoms. The Morgan fingerprint density at radius 1 is 1.30 bits per heavy atom. The lowest BCUT2D eigenvalue weighted by Gasteiger charge is -2.18. The minimum absolute atomic E-state index is 0.0319. The van der Waals surface area contributed by atoms with Gasteiger partial charge < -0.3 is 10.1 Å². The van der Waals surface area contributed by atoms with Gasteiger partial charge in [0.2, 0.25) is 4.80 Å². The van der Waals surface area contributed by atoms with Gasteiger partial charge in [-0.2, -0.15) is 5.10 Å². The average Bonchev–Trinajstić information content (AvgIpc) is 3.14. The molecular formula is C22H21N5O2S. The Labute approximate surface area is 178 Å². The van der Waals surface area contributed by atoms with Crippen molar-refractivity contribution in [3.8, 4) is 17.0 Å². The predicted octanol–water partition coefficient (Wildman–Crippen LogP) is 3.69. The third-order valence-electron chi connectivity index (χ3n) is 4.43. The van der Waals surface area contributed by atoms with E-state index in [-0.39, 0.29) is 12.5 Å². The van der Waals surface area contributed by atoms with Crippen LogP contribution in [0.25, 0.3) is 11.3 Å². The number of nitrogens with one attached hydrogen (secondary N) is 1. The third kappa shape index (κ3) is 4.23. The van der Waals surface area contributed by atoms with Crippen molar-refractivity contribution < 1.29 is 9.53 Å². The van der Waals surface area contributed by atoms with Crippen LogP contribution in [0.15, 0.2) is 70.4 Å². The number of fused-ring (bicyclic) bond motifs is 1. The quantitative estimate of drug-likeness (QED) is 0.506. The Kier molecular flexibility index (Phi) is 5.58. The number of aromatic nitrogens is 2. The van der Waals surface area contributed by atoms with Crippen LogP contribution in [0.3, 0.4) is 0 Å². The van der Waals surface area contributed by atoms with Crippen LogP contribution >= 0.6 is 11.3 Å². The number of hydrogen-bond donors (Lipinski definition) is 1. The van der Waals surface area contributed by atoms with Gasteiger partial charge in [0.15, 0.2) is 6.61 Å². The summed E-state index contributed by atoms with van der Waals surface area (Å²) >= 11 is 1.51. The monoisotopic (exact) mass is 419 g/mol. The molecule has 7 nitrogen and oxygen atoms in total. The van der Waals surface area contributed by atoms with Crippen molar-refractivity contribution in [3.05, 3.63) is 70.6 Å². The summed E-state index contributed by atoms with van der Waals surface area (Å²) < 4.78 is 7.30. The minimum Gasteiger partial charge on any atom is -0.482 e. The lowest BCUT2D eigenvalue weighted by Crippen LogP contribution is -2.25. The molecule has 3 aromatic rings. The minimum atomic E-state index is -0.165. The van der Waals surface area contributed by atoms with Crippen LogP contribution in [-0.2, 0) is 4.79 Å². The number of carbonyl (C=O) groups is 1. The van der Waals surface area contributed by atoms with Crippen molar-refractivity contribution in [2.24, 2.45) is 10.1 Å². The summed E-state index contributed by atoms with van der Waals surface area (Å²) in [6, 6.07) is 9.54. The van der Waals surface area contributed by atoms with Crippen LogP contribution in [0, 0.1) is 0 Å². The zero-order valence-electron chi connectivity index (χ0n) is 16.8. The zero-order chi connectivity index (χ0) is 21.1. The first-order valence-electron chi connectivity index (χ1n) is 9.40. The van der Waals surface area contributed by atoms with Crippen LogP contribution in [-0.4, -0.2) is 34.4 Å². The molecule has 0 aliphatic carbocycles. The van der Waals surface area contributed by atoms with Crippen molar-refractivity contribution >= 4 is 28.6 Å². The molecule has 0 radical (unpaired) electrons. The van der Waals surface area contributed by atoms with Gasteiger partial charge in [-0.3, -0.25) is 14.8 Å². The molecule has 8 heteroatoms. The Hall–Kier alpha value is -3.52. The summed E-state index contributed by atoms with van der Waals surface area (Å²) in [5, 5.41) is 9.71. The van der Waals surface area contributed by atoms with Gasteiger partial charge in [0.1, 0.15) is 5.75 Å². The fraction of sp³-hybridized carbons (Fsp3) is 0.182. The van der Waals surface area contributed by atoms with E-state index in [0.717, 1.165) is 32.9 Å². The van der Waals surface area contributed by atoms with Gasteiger partial charge in [0.05, 0.1) is 23.6 Å². The van der Waals surface area contributed by atoms with Crippen molar-refractivity contribution in [2.75, 3.05) is 18.5 Å². The number of amides is 1. The van der Waals surface area contributed by atoms with E-state index >= 15 is 0 Å². The second kappa shape index (κ2) is 8.46. The second-order valence-corrected chi connectivity index (χ2v) is 7.79. The second-order valence-electron chi connectivity index (χ2n) is 6.96. The molecule has 1 aliphatic rings. The first-order chi connectivity index (χ1) is 14.5. The fourth-order valence-electron chi connectivity index (χ4n) is 2.95. The number of anilines is 1. The van der Waals surface area contributed by atoms with Gasteiger partial charge in [-0.1, -0.05) is 12.2 Å². The van der Waals surface area contributed by atoms with Crippen LogP contribution in [0.2, 0.25) is 0 Å². The molecule has 0 saturated heterocycles. The van der Waals surface area contributed by atoms with E-state index < -0.39 is 0 Å². The van der Waals surface area contributed by atoms with Crippen LogP contribution in [0.4, 0.5) is 5.69 Å². The maximum Gasteiger partial charge on any atom is 0.262 e. The Morgan fingerprint density at radius 2 is 2.10 bits per heavy atom. The molecule has 30 heavy (non-hydrogen) atoms. The van der Waals surface area contributed by atoms with Crippen molar-refractivity contribution in [1.82, 2.24) is 9.66 Å². The third-order valence-corrected chi connectivity index (χ3v) is 5.28. The highest BCUT2D eigenvalue weighted by Crippen LogP contribution is 2.33. The number of ether oxygens (including phenoxy) is 1. The molecule has 0 bridgehead atoms. The molecule has 0 fully saturated rings. The molecule has 1 N–H and O–H groups in total. The van der Waals surface area contributed by atoms with Crippen molar-refractivity contribution in [3.63, 3.8) is 0 Å². The van der Waals surface area contributed by atoms with Gasteiger partial charge in [-0.15, -0.1) is 11.3 Å². The van der Waals surface area contributed by atoms with Gasteiger partial charge in [0, 0.05) is 28.9 Å². The standard InChI is InChI=1S/C22H21N5O2S/c1-14(2)11-24-22-27(26-15(3)16-6-8-23-9-7-16)19(13-30-22)17-4-5-20-18(10-17)25-21(28)12-29-20/h4-10,13H,1,11-12H2,2-3H3,(H,25,28). The molecule has 2 aromatic heterocycles. The van der Waals surface area contributed by atoms with Gasteiger partial charge in [-0.05, 0) is 44.2 Å². The van der Waals surface area contributed by atoms with Gasteiger partial charge >= 0.3 is 0 Å². The highest BCUT2D eigenvalue weighted by atomic mass is 32.1. The maximum atomic E-state index is 11.7. The predicted molar refractivity (Wildman–Crippen MR) is 119 cm³/mol. The first-order valence-corrected chi connectivity index (χ1v) is 10.3. The molecule has 1 amide bonds. The smallest absolute Gasteiger partial charge is 0.262 e. The summed E-state index contributed by atoms with van der Waals surface area (Å²) in [5.74, 6) is 0.491. The first kappa shape index (κ1) is 19.8. The summed E-state index contributed by atoms with van der Waals surface area (Å²) in [7, 11) is 0. The van der Waals surface area contributed by atoms with Gasteiger partial charge in [0.25, 0.3) is 5.91 Å². The summed E-state index contributed by atoms with van der Waals surface area (Å²) in [5.41, 5.74) is 5.21. The summed E-state index contributed by atoms with van der Waals surface area (Å²) in [4.78, 5) is 21.2. The molecule has 152 valence electrons. The number of rotatable bonds is 5. The number of thiazole rings is 1. The van der Waals surface area contributed by atoms with E-state index in [1.807, 2.05) is 54.2 Å². The molecule has 0 unspecified atom stereocenters. The Bertz CT molecular complexity index is 1210. The van der Waals surface area contributed by atoms with Crippen LogP contribution in [0.1, 0.15) is 19.4 Å². The van der Waals surface area contributed by atoms with Gasteiger partial charge in [-0.25, -0.2) is 4.68 Å². The Balaban J connectivity index is 1.83. The number of hydrogen-bond acceptors (Lipinski definition) is 6. The number of carbonyl (C=O) groups excluding carboxylic acids is 1. The molecule has 3 heterocycles. The van der Waals surface area contributed by atoms with E-state index in [9.17, 15) is 4.79 Å². The molecular weight excluding hydrogens is 398 g/mol. The number of pyridine rings is 1. The molecule has 0 saturated carbocycles. The molecule has 4 rings (SSSR count). The normalized spacial score (nSPS) is 14.1. The molecule has 1 aliphatic heterocycles. The zero-order valence-corrected chi connectivity index (χ0v) is 17.6. The van der Waals surface area contributed by atoms with E-state index in [0.29, 0.717) is 18.0 Å². The molecule has 1 aromatic carbocycles. The van der Waals surface area contributed by atoms with Crippen molar-refractivity contribution in [2.45, 2.75) is 13.8 Å². The lowest BCUT2D eigenvalue weighted by atomic mass is 10.1. The SMILES string of the molecule is C=C(C)CN=c1scc(-c2ccc3c(c2)NC(=O)CO3)n1N=C(C)c1ccncc1. The highest BCUT2D eigenvalue weighted by Gasteiger charge is 2.18. The average molecular weight is 420 g/mol. The summed E-state index contributed by atoms with van der Waals surface area (Å²) in [6.07, 6.45) is 3.48. The van der Waals surface area contributed by atoms with E-state index in [1.54, 1.807) is 12.4 Å². The highest BCUT2D eigenvalue weighted by molar-refractivity contribution is 7.07. The maximum absolute atomic E-state index is 11.7. The summed E-state index contributed by atoms with van der Waals surface area (Å²) in [6.45, 7) is 8.39. The largest absolute Gasteiger partial charge is 0.482 e. The van der Waals surface area contributed by atoms with E-state index in [1.165, 1.54) is 11.3 Å². The topological polar surface area (TPSA) is 80.9 Å². The van der Waals surface area contributed by atoms with Crippen LogP contribution < -0.4 is 14.9 Å². The number of nitrogens with zero attached hydrogens (tertiary/aromatic N) is 4. The van der Waals surface area contributed by atoms with Crippen LogP contribution in [0.5, 0.6) is 5.75 Å². The van der Waals surface area contributed by atoms with Crippen molar-refractivity contribution in [1.29, 1.82) is 0 Å². The number of benzene rings is 1. The fourth-order valence-corrected chi connectivity index (χ4v) is 3.78. The molecule has 0 atom stereocenters. The van der Waals surface area contributed by atoms with E-state index in [2.05, 4.69) is 21.9 Å². The lowest BCUT2D eigenvalue weighted by molar-refractivity contribution is -0.118. The van der Waals surface area contributed by atoms with E-state index in [4.69, 9.17) is 9.84 Å².